The highest BCUT2D eigenvalue weighted by molar-refractivity contribution is 9.10. The molecule has 18 heavy (non-hydrogen) atoms. The molecule has 1 saturated carbocycles. The van der Waals surface area contributed by atoms with Gasteiger partial charge in [0.25, 0.3) is 5.91 Å². The molecule has 1 aliphatic carbocycles. The number of anilines is 1. The van der Waals surface area contributed by atoms with Crippen LogP contribution in [-0.2, 0) is 0 Å². The van der Waals surface area contributed by atoms with E-state index in [0.717, 1.165) is 11.0 Å². The molecule has 0 aliphatic heterocycles. The fourth-order valence-corrected chi connectivity index (χ4v) is 2.37. The molecule has 3 nitrogen and oxygen atoms in total. The predicted octanol–water partition coefficient (Wildman–Crippen LogP) is 2.52. The number of halogens is 1. The number of benzene rings is 1. The molecule has 0 saturated heterocycles. The molecule has 2 rings (SSSR count). The maximum absolute atomic E-state index is 12.4. The molecule has 0 heterocycles. The zero-order valence-corrected chi connectivity index (χ0v) is 11.6. The lowest BCUT2D eigenvalue weighted by atomic mass is 10.1. The molecule has 0 bridgehead atoms. The third kappa shape index (κ3) is 3.27. The summed E-state index contributed by atoms with van der Waals surface area (Å²) in [6.07, 6.45) is 7.70. The monoisotopic (exact) mass is 306 g/mol. The highest BCUT2D eigenvalue weighted by Gasteiger charge is 2.27. The molecule has 1 fully saturated rings. The topological polar surface area (TPSA) is 46.3 Å². The first-order chi connectivity index (χ1) is 8.60. The lowest BCUT2D eigenvalue weighted by Gasteiger charge is -2.20. The fourth-order valence-electron chi connectivity index (χ4n) is 1.86. The number of hydrogen-bond acceptors (Lipinski definition) is 2. The van der Waals surface area contributed by atoms with E-state index in [1.54, 1.807) is 23.1 Å². The number of hydrogen-bond donors (Lipinski definition) is 1. The van der Waals surface area contributed by atoms with Gasteiger partial charge in [0.1, 0.15) is 0 Å². The van der Waals surface area contributed by atoms with Crippen molar-refractivity contribution >= 4 is 27.5 Å². The predicted molar refractivity (Wildman–Crippen MR) is 76.0 cm³/mol. The average molecular weight is 307 g/mol. The second-order valence-corrected chi connectivity index (χ2v) is 5.52. The highest BCUT2D eigenvalue weighted by Crippen LogP contribution is 2.30. The van der Waals surface area contributed by atoms with Crippen molar-refractivity contribution in [3.63, 3.8) is 0 Å². The average Bonchev–Trinajstić information content (AvgIpc) is 3.10. The van der Waals surface area contributed by atoms with Crippen LogP contribution in [0.3, 0.4) is 0 Å². The molecule has 0 spiro atoms. The Morgan fingerprint density at radius 2 is 2.22 bits per heavy atom. The van der Waals surface area contributed by atoms with E-state index in [2.05, 4.69) is 21.9 Å². The summed E-state index contributed by atoms with van der Waals surface area (Å²) in [6.45, 7) is 1.09. The fraction of sp³-hybridized carbons (Fsp3) is 0.357. The zero-order chi connectivity index (χ0) is 13.1. The van der Waals surface area contributed by atoms with Crippen molar-refractivity contribution < 1.29 is 4.79 Å². The number of nitrogens with zero attached hydrogens (tertiary/aromatic N) is 1. The van der Waals surface area contributed by atoms with Gasteiger partial charge in [-0.05, 0) is 37.0 Å². The van der Waals surface area contributed by atoms with E-state index in [1.165, 1.54) is 12.8 Å². The Balaban J connectivity index is 2.18. The first-order valence-corrected chi connectivity index (χ1v) is 6.68. The SMILES string of the molecule is C#CCN(CC1CC1)C(=O)c1cc(N)cc(Br)c1. The lowest BCUT2D eigenvalue weighted by molar-refractivity contribution is 0.0770. The number of rotatable bonds is 4. The van der Waals surface area contributed by atoms with Gasteiger partial charge in [0.15, 0.2) is 0 Å². The van der Waals surface area contributed by atoms with Crippen LogP contribution < -0.4 is 5.73 Å². The smallest absolute Gasteiger partial charge is 0.254 e. The summed E-state index contributed by atoms with van der Waals surface area (Å²) in [6, 6.07) is 5.22. The zero-order valence-electron chi connectivity index (χ0n) is 10.0. The molecule has 0 unspecified atom stereocenters. The minimum atomic E-state index is -0.0483. The summed E-state index contributed by atoms with van der Waals surface area (Å²) in [5.74, 6) is 3.11. The Morgan fingerprint density at radius 1 is 1.50 bits per heavy atom. The van der Waals surface area contributed by atoms with Gasteiger partial charge in [-0.2, -0.15) is 0 Å². The first kappa shape index (κ1) is 13.0. The van der Waals surface area contributed by atoms with Crippen LogP contribution in [0.1, 0.15) is 23.2 Å². The van der Waals surface area contributed by atoms with E-state index >= 15 is 0 Å². The number of nitrogens with two attached hydrogens (primary N) is 1. The number of amides is 1. The molecule has 1 aromatic carbocycles. The Bertz CT molecular complexity index is 483. The number of terminal acetylenes is 1. The van der Waals surface area contributed by atoms with Gasteiger partial charge in [0.05, 0.1) is 6.54 Å². The summed E-state index contributed by atoms with van der Waals surface area (Å²) < 4.78 is 0.804. The summed E-state index contributed by atoms with van der Waals surface area (Å²) in [5.41, 5.74) is 6.89. The van der Waals surface area contributed by atoms with Crippen molar-refractivity contribution in [2.45, 2.75) is 12.8 Å². The third-order valence-corrected chi connectivity index (χ3v) is 3.37. The first-order valence-electron chi connectivity index (χ1n) is 5.89. The Kier molecular flexibility index (Phi) is 3.93. The van der Waals surface area contributed by atoms with Crippen LogP contribution in [0.4, 0.5) is 5.69 Å². The second-order valence-electron chi connectivity index (χ2n) is 4.61. The lowest BCUT2D eigenvalue weighted by Crippen LogP contribution is -2.33. The second kappa shape index (κ2) is 5.45. The number of carbonyl (C=O) groups is 1. The summed E-state index contributed by atoms with van der Waals surface area (Å²) >= 11 is 3.34. The molecule has 2 N–H and O–H groups in total. The minimum absolute atomic E-state index is 0.0483. The number of carbonyl (C=O) groups excluding carboxylic acids is 1. The van der Waals surface area contributed by atoms with Crippen LogP contribution in [0.25, 0.3) is 0 Å². The molecule has 1 amide bonds. The van der Waals surface area contributed by atoms with Crippen molar-refractivity contribution in [2.75, 3.05) is 18.8 Å². The van der Waals surface area contributed by atoms with Crippen LogP contribution in [0.5, 0.6) is 0 Å². The highest BCUT2D eigenvalue weighted by atomic mass is 79.9. The molecule has 0 atom stereocenters. The third-order valence-electron chi connectivity index (χ3n) is 2.91. The van der Waals surface area contributed by atoms with Crippen molar-refractivity contribution in [3.05, 3.63) is 28.2 Å². The van der Waals surface area contributed by atoms with Crippen molar-refractivity contribution in [3.8, 4) is 12.3 Å². The Labute approximate surface area is 115 Å². The van der Waals surface area contributed by atoms with Crippen molar-refractivity contribution in [1.29, 1.82) is 0 Å². The summed E-state index contributed by atoms with van der Waals surface area (Å²) in [7, 11) is 0. The van der Waals surface area contributed by atoms with E-state index in [0.29, 0.717) is 23.7 Å². The largest absolute Gasteiger partial charge is 0.399 e. The van der Waals surface area contributed by atoms with Crippen LogP contribution in [0, 0.1) is 18.3 Å². The number of nitrogen functional groups attached to an aromatic ring is 1. The van der Waals surface area contributed by atoms with Crippen molar-refractivity contribution in [1.82, 2.24) is 4.90 Å². The maximum atomic E-state index is 12.4. The van der Waals surface area contributed by atoms with Gasteiger partial charge in [0.2, 0.25) is 0 Å². The Morgan fingerprint density at radius 3 is 2.78 bits per heavy atom. The van der Waals surface area contributed by atoms with Gasteiger partial charge in [-0.1, -0.05) is 21.9 Å². The summed E-state index contributed by atoms with van der Waals surface area (Å²) in [4.78, 5) is 14.1. The van der Waals surface area contributed by atoms with Crippen LogP contribution in [-0.4, -0.2) is 23.9 Å². The quantitative estimate of drug-likeness (QED) is 0.686. The van der Waals surface area contributed by atoms with Gasteiger partial charge in [-0.3, -0.25) is 4.79 Å². The molecule has 0 radical (unpaired) electrons. The minimum Gasteiger partial charge on any atom is -0.399 e. The van der Waals surface area contributed by atoms with Crippen LogP contribution >= 0.6 is 15.9 Å². The van der Waals surface area contributed by atoms with Gasteiger partial charge < -0.3 is 10.6 Å². The molecular weight excluding hydrogens is 292 g/mol. The Hall–Kier alpha value is -1.47. The van der Waals surface area contributed by atoms with E-state index in [-0.39, 0.29) is 5.91 Å². The van der Waals surface area contributed by atoms with Gasteiger partial charge >= 0.3 is 0 Å². The van der Waals surface area contributed by atoms with Gasteiger partial charge in [-0.25, -0.2) is 0 Å². The van der Waals surface area contributed by atoms with Gasteiger partial charge in [0, 0.05) is 22.3 Å². The van der Waals surface area contributed by atoms with E-state index < -0.39 is 0 Å². The molecule has 1 aromatic rings. The molecule has 4 heteroatoms. The summed E-state index contributed by atoms with van der Waals surface area (Å²) in [5, 5.41) is 0. The molecule has 1 aliphatic rings. The molecule has 94 valence electrons. The van der Waals surface area contributed by atoms with E-state index in [4.69, 9.17) is 12.2 Å². The molecule has 0 aromatic heterocycles. The van der Waals surface area contributed by atoms with Crippen LogP contribution in [0.15, 0.2) is 22.7 Å². The van der Waals surface area contributed by atoms with E-state index in [9.17, 15) is 4.79 Å². The maximum Gasteiger partial charge on any atom is 0.254 e. The van der Waals surface area contributed by atoms with Gasteiger partial charge in [-0.15, -0.1) is 6.42 Å². The standard InChI is InChI=1S/C14H15BrN2O/c1-2-5-17(9-10-3-4-10)14(18)11-6-12(15)8-13(16)7-11/h1,6-8,10H,3-5,9,16H2. The molecular formula is C14H15BrN2O. The van der Waals surface area contributed by atoms with E-state index in [1.807, 2.05) is 0 Å². The normalized spacial score (nSPS) is 14.0. The van der Waals surface area contributed by atoms with Crippen molar-refractivity contribution in [2.24, 2.45) is 5.92 Å². The van der Waals surface area contributed by atoms with Crippen LogP contribution in [0.2, 0.25) is 0 Å².